The standard InChI is InChI=1S/C9H7Br2F2NO2/c1-16-9(15)4-2-5(8(12)13)7(11)14-6(4)3-10/h2,8H,3H2,1H3. The largest absolute Gasteiger partial charge is 0.465 e. The molecule has 0 amide bonds. The van der Waals surface area contributed by atoms with Gasteiger partial charge >= 0.3 is 5.97 Å². The van der Waals surface area contributed by atoms with Crippen molar-refractivity contribution in [3.63, 3.8) is 0 Å². The van der Waals surface area contributed by atoms with Crippen LogP contribution < -0.4 is 0 Å². The molecule has 1 heterocycles. The molecule has 0 radical (unpaired) electrons. The normalized spacial score (nSPS) is 10.6. The number of halogens is 4. The molecule has 0 unspecified atom stereocenters. The van der Waals surface area contributed by atoms with Crippen molar-refractivity contribution in [3.05, 3.63) is 27.5 Å². The highest BCUT2D eigenvalue weighted by atomic mass is 79.9. The minimum absolute atomic E-state index is 0.0320. The van der Waals surface area contributed by atoms with Crippen LogP contribution in [0.3, 0.4) is 0 Å². The zero-order valence-electron chi connectivity index (χ0n) is 8.14. The maximum Gasteiger partial charge on any atom is 0.339 e. The highest BCUT2D eigenvalue weighted by Crippen LogP contribution is 2.28. The van der Waals surface area contributed by atoms with E-state index < -0.39 is 12.4 Å². The number of carbonyl (C=O) groups is 1. The molecule has 0 atom stereocenters. The maximum absolute atomic E-state index is 12.6. The van der Waals surface area contributed by atoms with Crippen molar-refractivity contribution < 1.29 is 18.3 Å². The van der Waals surface area contributed by atoms with Crippen LogP contribution in [0.15, 0.2) is 10.7 Å². The molecule has 0 aromatic carbocycles. The van der Waals surface area contributed by atoms with Gasteiger partial charge in [-0.3, -0.25) is 0 Å². The Bertz CT molecular complexity index is 413. The van der Waals surface area contributed by atoms with Gasteiger partial charge in [0.05, 0.1) is 23.9 Å². The first-order chi connectivity index (χ1) is 7.51. The average molecular weight is 359 g/mol. The third-order valence-electron chi connectivity index (χ3n) is 1.85. The van der Waals surface area contributed by atoms with E-state index in [1.807, 2.05) is 0 Å². The van der Waals surface area contributed by atoms with E-state index >= 15 is 0 Å². The lowest BCUT2D eigenvalue weighted by molar-refractivity contribution is 0.0598. The topological polar surface area (TPSA) is 39.2 Å². The van der Waals surface area contributed by atoms with E-state index in [2.05, 4.69) is 41.6 Å². The second-order valence-electron chi connectivity index (χ2n) is 2.79. The Hall–Kier alpha value is -0.560. The van der Waals surface area contributed by atoms with E-state index in [4.69, 9.17) is 0 Å². The molecule has 3 nitrogen and oxygen atoms in total. The predicted molar refractivity (Wildman–Crippen MR) is 60.9 cm³/mol. The Morgan fingerprint density at radius 2 is 2.25 bits per heavy atom. The number of ether oxygens (including phenoxy) is 1. The van der Waals surface area contributed by atoms with Crippen molar-refractivity contribution >= 4 is 37.8 Å². The van der Waals surface area contributed by atoms with Crippen molar-refractivity contribution in [2.24, 2.45) is 0 Å². The molecular formula is C9H7Br2F2NO2. The molecule has 0 fully saturated rings. The van der Waals surface area contributed by atoms with Crippen LogP contribution in [0.1, 0.15) is 28.0 Å². The Labute approximate surface area is 107 Å². The lowest BCUT2D eigenvalue weighted by Crippen LogP contribution is -2.09. The Kier molecular flexibility index (Phi) is 4.79. The minimum Gasteiger partial charge on any atom is -0.465 e. The van der Waals surface area contributed by atoms with Crippen molar-refractivity contribution in [2.45, 2.75) is 11.8 Å². The van der Waals surface area contributed by atoms with Gasteiger partial charge in [-0.2, -0.15) is 0 Å². The molecule has 0 aliphatic rings. The molecule has 16 heavy (non-hydrogen) atoms. The molecule has 0 N–H and O–H groups in total. The second-order valence-corrected chi connectivity index (χ2v) is 4.10. The van der Waals surface area contributed by atoms with Gasteiger partial charge in [-0.25, -0.2) is 18.6 Å². The number of methoxy groups -OCH3 is 1. The fraction of sp³-hybridized carbons (Fsp3) is 0.333. The van der Waals surface area contributed by atoms with E-state index in [0.717, 1.165) is 6.07 Å². The molecular weight excluding hydrogens is 352 g/mol. The molecule has 1 aromatic heterocycles. The van der Waals surface area contributed by atoms with Gasteiger partial charge < -0.3 is 4.74 Å². The predicted octanol–water partition coefficient (Wildman–Crippen LogP) is 3.46. The Morgan fingerprint density at radius 3 is 2.69 bits per heavy atom. The van der Waals surface area contributed by atoms with E-state index in [9.17, 15) is 13.6 Å². The number of pyridine rings is 1. The number of nitrogens with zero attached hydrogens (tertiary/aromatic N) is 1. The van der Waals surface area contributed by atoms with Crippen molar-refractivity contribution in [2.75, 3.05) is 7.11 Å². The summed E-state index contributed by atoms with van der Waals surface area (Å²) in [6.07, 6.45) is -2.70. The SMILES string of the molecule is COC(=O)c1cc(C(F)F)c(Br)nc1CBr. The molecule has 0 saturated heterocycles. The van der Waals surface area contributed by atoms with Crippen LogP contribution in [0.2, 0.25) is 0 Å². The maximum atomic E-state index is 12.6. The Balaban J connectivity index is 3.34. The number of hydrogen-bond donors (Lipinski definition) is 0. The van der Waals surface area contributed by atoms with E-state index in [0.29, 0.717) is 5.69 Å². The minimum atomic E-state index is -2.70. The van der Waals surface area contributed by atoms with Gasteiger partial charge in [0, 0.05) is 5.33 Å². The van der Waals surface area contributed by atoms with Crippen LogP contribution >= 0.6 is 31.9 Å². The van der Waals surface area contributed by atoms with Crippen LogP contribution in [0.25, 0.3) is 0 Å². The summed E-state index contributed by atoms with van der Waals surface area (Å²) in [5.41, 5.74) is 0.0612. The van der Waals surface area contributed by atoms with Crippen molar-refractivity contribution in [1.82, 2.24) is 4.98 Å². The molecule has 88 valence electrons. The van der Waals surface area contributed by atoms with Crippen LogP contribution in [0.5, 0.6) is 0 Å². The van der Waals surface area contributed by atoms with Gasteiger partial charge in [-0.1, -0.05) is 15.9 Å². The monoisotopic (exact) mass is 357 g/mol. The summed E-state index contributed by atoms with van der Waals surface area (Å²) in [4.78, 5) is 15.2. The molecule has 0 aliphatic carbocycles. The summed E-state index contributed by atoms with van der Waals surface area (Å²) in [7, 11) is 1.18. The molecule has 7 heteroatoms. The summed E-state index contributed by atoms with van der Waals surface area (Å²) < 4.78 is 29.7. The first-order valence-corrected chi connectivity index (χ1v) is 6.04. The average Bonchev–Trinajstić information content (AvgIpc) is 2.27. The number of esters is 1. The van der Waals surface area contributed by atoms with Gasteiger partial charge in [0.1, 0.15) is 4.60 Å². The van der Waals surface area contributed by atoms with Crippen molar-refractivity contribution in [3.8, 4) is 0 Å². The fourth-order valence-corrected chi connectivity index (χ4v) is 2.01. The van der Waals surface area contributed by atoms with Crippen LogP contribution in [-0.4, -0.2) is 18.1 Å². The summed E-state index contributed by atoms with van der Waals surface area (Å²) >= 11 is 6.05. The molecule has 0 saturated carbocycles. The summed E-state index contributed by atoms with van der Waals surface area (Å²) in [5, 5.41) is 0.277. The summed E-state index contributed by atoms with van der Waals surface area (Å²) in [6.45, 7) is 0. The molecule has 1 aromatic rings. The summed E-state index contributed by atoms with van der Waals surface area (Å²) in [5.74, 6) is -0.684. The van der Waals surface area contributed by atoms with Gasteiger partial charge in [-0.15, -0.1) is 0 Å². The van der Waals surface area contributed by atoms with Gasteiger partial charge in [0.15, 0.2) is 0 Å². The second kappa shape index (κ2) is 5.67. The van der Waals surface area contributed by atoms with Crippen LogP contribution in [0, 0.1) is 0 Å². The lowest BCUT2D eigenvalue weighted by Gasteiger charge is -2.09. The van der Waals surface area contributed by atoms with E-state index in [1.165, 1.54) is 7.11 Å². The zero-order chi connectivity index (χ0) is 12.3. The zero-order valence-corrected chi connectivity index (χ0v) is 11.3. The van der Waals surface area contributed by atoms with Gasteiger partial charge in [0.25, 0.3) is 6.43 Å². The van der Waals surface area contributed by atoms with E-state index in [-0.39, 0.29) is 21.1 Å². The van der Waals surface area contributed by atoms with Crippen molar-refractivity contribution in [1.29, 1.82) is 0 Å². The number of rotatable bonds is 3. The molecule has 1 rings (SSSR count). The first-order valence-electron chi connectivity index (χ1n) is 4.13. The number of carbonyl (C=O) groups excluding carboxylic acids is 1. The van der Waals surface area contributed by atoms with Gasteiger partial charge in [0.2, 0.25) is 0 Å². The third-order valence-corrected chi connectivity index (χ3v) is 3.02. The smallest absolute Gasteiger partial charge is 0.339 e. The number of hydrogen-bond acceptors (Lipinski definition) is 3. The number of aromatic nitrogens is 1. The highest BCUT2D eigenvalue weighted by Gasteiger charge is 2.20. The quantitative estimate of drug-likeness (QED) is 0.472. The highest BCUT2D eigenvalue weighted by molar-refractivity contribution is 9.10. The molecule has 0 aliphatic heterocycles. The Morgan fingerprint density at radius 1 is 1.62 bits per heavy atom. The fourth-order valence-electron chi connectivity index (χ4n) is 1.08. The first kappa shape index (κ1) is 13.5. The summed E-state index contributed by atoms with van der Waals surface area (Å²) in [6, 6.07) is 1.09. The number of alkyl halides is 3. The lowest BCUT2D eigenvalue weighted by atomic mass is 10.1. The van der Waals surface area contributed by atoms with Crippen LogP contribution in [-0.2, 0) is 10.1 Å². The molecule has 0 bridgehead atoms. The van der Waals surface area contributed by atoms with Crippen LogP contribution in [0.4, 0.5) is 8.78 Å². The third kappa shape index (κ3) is 2.76. The van der Waals surface area contributed by atoms with Gasteiger partial charge in [-0.05, 0) is 22.0 Å². The van der Waals surface area contributed by atoms with E-state index in [1.54, 1.807) is 0 Å². The molecule has 0 spiro atoms.